The number of ether oxygens (including phenoxy) is 1. The van der Waals surface area contributed by atoms with E-state index in [0.29, 0.717) is 48.3 Å². The van der Waals surface area contributed by atoms with Crippen molar-refractivity contribution in [1.82, 2.24) is 39.4 Å². The molecule has 2 fully saturated rings. The molecule has 0 unspecified atom stereocenters. The molecule has 6 rings (SSSR count). The van der Waals surface area contributed by atoms with Gasteiger partial charge < -0.3 is 20.7 Å². The lowest BCUT2D eigenvalue weighted by Crippen LogP contribution is -2.65. The second-order valence-electron chi connectivity index (χ2n) is 10.3. The summed E-state index contributed by atoms with van der Waals surface area (Å²) in [4.78, 5) is 28.7. The first-order valence-corrected chi connectivity index (χ1v) is 13.2. The van der Waals surface area contributed by atoms with Gasteiger partial charge in [0.2, 0.25) is 11.9 Å². The first kappa shape index (κ1) is 25.2. The van der Waals surface area contributed by atoms with Gasteiger partial charge in [0.05, 0.1) is 60.2 Å². The summed E-state index contributed by atoms with van der Waals surface area (Å²) >= 11 is 0. The van der Waals surface area contributed by atoms with Crippen molar-refractivity contribution in [2.24, 2.45) is 7.05 Å². The van der Waals surface area contributed by atoms with Crippen LogP contribution < -0.4 is 16.0 Å². The third-order valence-electron chi connectivity index (χ3n) is 7.75. The van der Waals surface area contributed by atoms with E-state index >= 15 is 0 Å². The number of methoxy groups -OCH3 is 1. The molecule has 2 aliphatic rings. The van der Waals surface area contributed by atoms with Gasteiger partial charge in [0.15, 0.2) is 11.5 Å². The van der Waals surface area contributed by atoms with Crippen molar-refractivity contribution in [2.75, 3.05) is 42.8 Å². The molecule has 1 aliphatic heterocycles. The fourth-order valence-electron chi connectivity index (χ4n) is 5.27. The quantitative estimate of drug-likeness (QED) is 0.280. The summed E-state index contributed by atoms with van der Waals surface area (Å²) in [5.41, 5.74) is 3.91. The number of hydrogen-bond acceptors (Lipinski definition) is 10. The van der Waals surface area contributed by atoms with Gasteiger partial charge in [-0.1, -0.05) is 0 Å². The number of rotatable bonds is 10. The molecule has 13 nitrogen and oxygen atoms in total. The summed E-state index contributed by atoms with van der Waals surface area (Å²) in [6, 6.07) is 1.88. The summed E-state index contributed by atoms with van der Waals surface area (Å²) in [6.45, 7) is 4.56. The van der Waals surface area contributed by atoms with E-state index in [1.807, 2.05) is 26.2 Å². The van der Waals surface area contributed by atoms with Crippen LogP contribution in [0.3, 0.4) is 0 Å². The van der Waals surface area contributed by atoms with Crippen molar-refractivity contribution in [1.29, 1.82) is 0 Å². The lowest BCUT2D eigenvalue weighted by molar-refractivity contribution is -0.127. The average Bonchev–Trinajstić information content (AvgIpc) is 3.45. The Morgan fingerprint density at radius 2 is 2.00 bits per heavy atom. The molecule has 4 aromatic heterocycles. The Bertz CT molecular complexity index is 1500. The van der Waals surface area contributed by atoms with Gasteiger partial charge in [0.25, 0.3) is 0 Å². The van der Waals surface area contributed by atoms with E-state index in [4.69, 9.17) is 4.74 Å². The van der Waals surface area contributed by atoms with Crippen molar-refractivity contribution in [3.63, 3.8) is 0 Å². The minimum absolute atomic E-state index is 0.0152. The number of nitrogens with one attached hydrogen (secondary N) is 3. The van der Waals surface area contributed by atoms with Gasteiger partial charge in [-0.25, -0.2) is 9.67 Å². The number of fused-ring (bicyclic) bond motifs is 1. The second-order valence-corrected chi connectivity index (χ2v) is 10.3. The Hall–Kier alpha value is -4.10. The molecule has 4 aromatic rings. The van der Waals surface area contributed by atoms with Crippen LogP contribution in [0.5, 0.6) is 0 Å². The molecule has 1 aliphatic carbocycles. The number of amides is 1. The molecular formula is C26H33N11O2. The number of pyridine rings is 1. The number of aromatic nitrogens is 7. The van der Waals surface area contributed by atoms with Gasteiger partial charge in [-0.2, -0.15) is 15.2 Å². The Labute approximate surface area is 226 Å². The summed E-state index contributed by atoms with van der Waals surface area (Å²) in [6.07, 6.45) is 11.9. The van der Waals surface area contributed by atoms with Crippen molar-refractivity contribution in [3.05, 3.63) is 36.5 Å². The molecule has 0 aromatic carbocycles. The van der Waals surface area contributed by atoms with Gasteiger partial charge in [-0.15, -0.1) is 0 Å². The first-order valence-electron chi connectivity index (χ1n) is 13.2. The molecule has 39 heavy (non-hydrogen) atoms. The molecule has 1 saturated carbocycles. The summed E-state index contributed by atoms with van der Waals surface area (Å²) in [5.74, 6) is 1.03. The maximum Gasteiger partial charge on any atom is 0.238 e. The number of hydrogen-bond donors (Lipinski definition) is 3. The smallest absolute Gasteiger partial charge is 0.238 e. The zero-order chi connectivity index (χ0) is 27.0. The highest BCUT2D eigenvalue weighted by Crippen LogP contribution is 2.46. The summed E-state index contributed by atoms with van der Waals surface area (Å²) in [5, 5.41) is 19.2. The number of aryl methyl sites for hydroxylation is 2. The molecular weight excluding hydrogens is 498 g/mol. The highest BCUT2D eigenvalue weighted by molar-refractivity contribution is 5.94. The van der Waals surface area contributed by atoms with E-state index < -0.39 is 0 Å². The molecule has 1 saturated heterocycles. The van der Waals surface area contributed by atoms with Gasteiger partial charge >= 0.3 is 0 Å². The fourth-order valence-corrected chi connectivity index (χ4v) is 5.27. The van der Waals surface area contributed by atoms with Crippen LogP contribution in [0, 0.1) is 6.92 Å². The summed E-state index contributed by atoms with van der Waals surface area (Å²) < 4.78 is 8.59. The third-order valence-corrected chi connectivity index (χ3v) is 7.75. The first-order chi connectivity index (χ1) is 18.9. The second kappa shape index (κ2) is 10.2. The Balaban J connectivity index is 1.14. The molecule has 1 amide bonds. The third kappa shape index (κ3) is 5.02. The van der Waals surface area contributed by atoms with E-state index in [0.717, 1.165) is 29.0 Å². The SMILES string of the molecule is COCCn1cc(Nc2ncc3c(Nc4cc(NC(=O)CN5CCC56CCC6)cnc4C)nn(C)c3n2)cn1. The zero-order valence-electron chi connectivity index (χ0n) is 22.4. The maximum absolute atomic E-state index is 12.7. The number of likely N-dealkylation sites (tertiary alicyclic amines) is 1. The zero-order valence-corrected chi connectivity index (χ0v) is 22.4. The predicted molar refractivity (Wildman–Crippen MR) is 147 cm³/mol. The minimum Gasteiger partial charge on any atom is -0.383 e. The van der Waals surface area contributed by atoms with Crippen LogP contribution in [-0.2, 0) is 23.1 Å². The predicted octanol–water partition coefficient (Wildman–Crippen LogP) is 2.96. The van der Waals surface area contributed by atoms with Crippen molar-refractivity contribution in [2.45, 2.75) is 44.7 Å². The lowest BCUT2D eigenvalue weighted by atomic mass is 9.68. The number of carbonyl (C=O) groups excluding carboxylic acids is 1. The highest BCUT2D eigenvalue weighted by Gasteiger charge is 2.49. The molecule has 5 heterocycles. The topological polar surface area (TPSA) is 140 Å². The molecule has 204 valence electrons. The van der Waals surface area contributed by atoms with Crippen molar-refractivity contribution >= 4 is 45.8 Å². The highest BCUT2D eigenvalue weighted by atomic mass is 16.5. The number of anilines is 5. The normalized spacial score (nSPS) is 16.2. The van der Waals surface area contributed by atoms with Crippen LogP contribution in [0.2, 0.25) is 0 Å². The minimum atomic E-state index is -0.0152. The standard InChI is InChI=1S/C26H33N11O2/c1-17-21(11-18(12-27-17)30-22(38)16-36-8-7-26(36)5-4-6-26)32-23-20-14-28-25(33-24(20)35(2)34-23)31-19-13-29-37(15-19)9-10-39-3/h11-15H,4-10,16H2,1-3H3,(H,30,38)(H,32,34)(H,28,31,33). The van der Waals surface area contributed by atoms with Gasteiger partial charge in [-0.3, -0.25) is 19.4 Å². The molecule has 1 spiro atoms. The van der Waals surface area contributed by atoms with E-state index in [9.17, 15) is 4.79 Å². The summed E-state index contributed by atoms with van der Waals surface area (Å²) in [7, 11) is 3.49. The van der Waals surface area contributed by atoms with Crippen LogP contribution in [0.4, 0.5) is 28.8 Å². The Kier molecular flexibility index (Phi) is 6.61. The van der Waals surface area contributed by atoms with Gasteiger partial charge in [0, 0.05) is 38.6 Å². The van der Waals surface area contributed by atoms with Crippen molar-refractivity contribution < 1.29 is 9.53 Å². The number of nitrogens with zero attached hydrogens (tertiary/aromatic N) is 8. The molecule has 0 atom stereocenters. The monoisotopic (exact) mass is 531 g/mol. The average molecular weight is 532 g/mol. The largest absolute Gasteiger partial charge is 0.383 e. The molecule has 3 N–H and O–H groups in total. The van der Waals surface area contributed by atoms with E-state index in [1.54, 1.807) is 35.1 Å². The Morgan fingerprint density at radius 3 is 2.74 bits per heavy atom. The van der Waals surface area contributed by atoms with Crippen LogP contribution in [0.25, 0.3) is 11.0 Å². The van der Waals surface area contributed by atoms with Crippen LogP contribution >= 0.6 is 0 Å². The van der Waals surface area contributed by atoms with Crippen LogP contribution in [0.15, 0.2) is 30.9 Å². The van der Waals surface area contributed by atoms with Crippen LogP contribution in [-0.4, -0.2) is 77.7 Å². The van der Waals surface area contributed by atoms with Crippen molar-refractivity contribution in [3.8, 4) is 0 Å². The van der Waals surface area contributed by atoms with Gasteiger partial charge in [0.1, 0.15) is 0 Å². The van der Waals surface area contributed by atoms with Gasteiger partial charge in [-0.05, 0) is 38.7 Å². The molecule has 0 bridgehead atoms. The van der Waals surface area contributed by atoms with E-state index in [1.165, 1.54) is 25.7 Å². The van der Waals surface area contributed by atoms with Crippen LogP contribution in [0.1, 0.15) is 31.4 Å². The van der Waals surface area contributed by atoms with E-state index in [-0.39, 0.29) is 5.91 Å². The number of carbonyl (C=O) groups is 1. The maximum atomic E-state index is 12.7. The fraction of sp³-hybridized carbons (Fsp3) is 0.462. The Morgan fingerprint density at radius 1 is 1.13 bits per heavy atom. The molecule has 0 radical (unpaired) electrons. The molecule has 13 heteroatoms. The van der Waals surface area contributed by atoms with E-state index in [2.05, 4.69) is 46.0 Å². The lowest BCUT2D eigenvalue weighted by Gasteiger charge is -2.58.